The van der Waals surface area contributed by atoms with Crippen molar-refractivity contribution in [3.63, 3.8) is 0 Å². The van der Waals surface area contributed by atoms with E-state index in [4.69, 9.17) is 33.2 Å². The molecule has 0 spiro atoms. The third kappa shape index (κ3) is 7.44. The van der Waals surface area contributed by atoms with E-state index >= 15 is 0 Å². The number of rotatable bonds is 10. The summed E-state index contributed by atoms with van der Waals surface area (Å²) < 4.78 is 38.4. The molecule has 45 heavy (non-hydrogen) atoms. The number of aliphatic hydroxyl groups is 14. The van der Waals surface area contributed by atoms with Crippen molar-refractivity contribution in [3.8, 4) is 0 Å². The average Bonchev–Trinajstić information content (AvgIpc) is 3.03. The fourth-order valence-electron chi connectivity index (χ4n) is 5.50. The van der Waals surface area contributed by atoms with Crippen LogP contribution in [0.1, 0.15) is 0 Å². The second kappa shape index (κ2) is 15.6. The second-order valence-corrected chi connectivity index (χ2v) is 11.1. The van der Waals surface area contributed by atoms with Gasteiger partial charge in [0.05, 0.1) is 26.4 Å². The summed E-state index contributed by atoms with van der Waals surface area (Å²) in [6.07, 6.45) is -36.5. The first-order chi connectivity index (χ1) is 21.3. The smallest absolute Gasteiger partial charge is 0.187 e. The molecule has 264 valence electrons. The lowest BCUT2D eigenvalue weighted by Gasteiger charge is -2.49. The molecule has 4 aliphatic heterocycles. The average molecular weight is 667 g/mol. The van der Waals surface area contributed by atoms with Crippen LogP contribution >= 0.6 is 0 Å². The lowest BCUT2D eigenvalue weighted by atomic mass is 9.96. The van der Waals surface area contributed by atoms with E-state index in [9.17, 15) is 71.5 Å². The van der Waals surface area contributed by atoms with E-state index in [1.54, 1.807) is 0 Å². The number of aliphatic hydroxyl groups excluding tert-OH is 14. The van der Waals surface area contributed by atoms with Crippen LogP contribution in [0.3, 0.4) is 0 Å². The molecule has 0 saturated carbocycles. The largest absolute Gasteiger partial charge is 0.394 e. The summed E-state index contributed by atoms with van der Waals surface area (Å²) in [5.74, 6) is 0. The zero-order valence-electron chi connectivity index (χ0n) is 23.5. The van der Waals surface area contributed by atoms with Crippen LogP contribution in [0.4, 0.5) is 0 Å². The van der Waals surface area contributed by atoms with Gasteiger partial charge >= 0.3 is 0 Å². The Morgan fingerprint density at radius 2 is 0.689 bits per heavy atom. The SMILES string of the molecule is OC[C@H]1O[C@@H](O[C@@H]2[C@H](O[C@@H]3[C@H](O[C@H]4[C@H](O)[C@H](O)[C@H](O)O[C@@H]4CO)O[C@H](CO)[C@@H](O)[C@@H]3O)O[C@H](CO)[C@@H](O)[C@@H]2O)[C@@H](O)[C@@H](O)[C@@H]1O. The Kier molecular flexibility index (Phi) is 12.8. The quantitative estimate of drug-likeness (QED) is 0.103. The van der Waals surface area contributed by atoms with Crippen LogP contribution in [0.2, 0.25) is 0 Å². The van der Waals surface area contributed by atoms with Crippen LogP contribution in [0, 0.1) is 0 Å². The highest BCUT2D eigenvalue weighted by molar-refractivity contribution is 4.97. The molecule has 14 N–H and O–H groups in total. The van der Waals surface area contributed by atoms with Crippen molar-refractivity contribution < 1.29 is 105 Å². The van der Waals surface area contributed by atoms with Gasteiger partial charge in [-0.25, -0.2) is 0 Å². The number of hydrogen-bond donors (Lipinski definition) is 14. The molecular weight excluding hydrogens is 624 g/mol. The van der Waals surface area contributed by atoms with Crippen molar-refractivity contribution in [2.24, 2.45) is 0 Å². The first-order valence-corrected chi connectivity index (χ1v) is 14.1. The summed E-state index contributed by atoms with van der Waals surface area (Å²) in [5.41, 5.74) is 0. The van der Waals surface area contributed by atoms with Gasteiger partial charge < -0.3 is 105 Å². The molecule has 0 bridgehead atoms. The predicted octanol–water partition coefficient (Wildman–Crippen LogP) is -9.75. The van der Waals surface area contributed by atoms with Crippen LogP contribution in [0.15, 0.2) is 0 Å². The number of hydrogen-bond acceptors (Lipinski definition) is 21. The Morgan fingerprint density at radius 3 is 1.13 bits per heavy atom. The fraction of sp³-hybridized carbons (Fsp3) is 1.00. The number of ether oxygens (including phenoxy) is 7. The molecular formula is C24H42O21. The minimum Gasteiger partial charge on any atom is -0.394 e. The van der Waals surface area contributed by atoms with Gasteiger partial charge in [0.1, 0.15) is 97.7 Å². The van der Waals surface area contributed by atoms with Crippen molar-refractivity contribution in [3.05, 3.63) is 0 Å². The Balaban J connectivity index is 1.63. The molecule has 4 fully saturated rings. The minimum absolute atomic E-state index is 0.838. The molecule has 0 radical (unpaired) electrons. The van der Waals surface area contributed by atoms with Gasteiger partial charge in [0, 0.05) is 0 Å². The third-order valence-corrected chi connectivity index (χ3v) is 8.21. The molecule has 21 nitrogen and oxygen atoms in total. The van der Waals surface area contributed by atoms with E-state index in [2.05, 4.69) is 0 Å². The molecule has 21 heteroatoms. The standard InChI is InChI=1S/C24H42O21/c25-1-5-9(29)12(32)17(37)22(40-5)44-19-13(33)10(30)7(3-27)42-24(19)45-20-14(34)11(31)6(2-26)41-23(20)43-18-8(4-28)39-21(38)16(36)15(18)35/h5-38H,1-4H2/t5-,6-,7-,8-,9-,10-,11-,12+,13+,14+,15-,16+,17+,18-,19+,20+,21-,22+,23+,24+/m1/s1. The highest BCUT2D eigenvalue weighted by Gasteiger charge is 2.55. The van der Waals surface area contributed by atoms with Gasteiger partial charge in [-0.2, -0.15) is 0 Å². The molecule has 4 saturated heterocycles. The second-order valence-electron chi connectivity index (χ2n) is 11.1. The summed E-state index contributed by atoms with van der Waals surface area (Å²) >= 11 is 0. The van der Waals surface area contributed by atoms with Gasteiger partial charge in [-0.05, 0) is 0 Å². The summed E-state index contributed by atoms with van der Waals surface area (Å²) in [6, 6.07) is 0. The highest BCUT2D eigenvalue weighted by Crippen LogP contribution is 2.35. The van der Waals surface area contributed by atoms with Crippen LogP contribution in [-0.4, -0.2) is 221 Å². The Morgan fingerprint density at radius 1 is 0.333 bits per heavy atom. The van der Waals surface area contributed by atoms with Gasteiger partial charge in [0.2, 0.25) is 0 Å². The summed E-state index contributed by atoms with van der Waals surface area (Å²) in [4.78, 5) is 0. The molecule has 4 heterocycles. The van der Waals surface area contributed by atoms with E-state index in [-0.39, 0.29) is 0 Å². The topological polar surface area (TPSA) is 348 Å². The van der Waals surface area contributed by atoms with Gasteiger partial charge in [-0.15, -0.1) is 0 Å². The molecule has 0 aromatic carbocycles. The van der Waals surface area contributed by atoms with Crippen LogP contribution in [0.5, 0.6) is 0 Å². The van der Waals surface area contributed by atoms with E-state index in [0.29, 0.717) is 0 Å². The molecule has 0 amide bonds. The first-order valence-electron chi connectivity index (χ1n) is 14.1. The molecule has 0 unspecified atom stereocenters. The maximum Gasteiger partial charge on any atom is 0.187 e. The lowest BCUT2D eigenvalue weighted by molar-refractivity contribution is -0.402. The van der Waals surface area contributed by atoms with E-state index < -0.39 is 149 Å². The Bertz CT molecular complexity index is 914. The molecule has 0 aliphatic carbocycles. The van der Waals surface area contributed by atoms with Gasteiger partial charge in [0.25, 0.3) is 0 Å². The summed E-state index contributed by atoms with van der Waals surface area (Å²) in [5, 5.41) is 143. The fourth-order valence-corrected chi connectivity index (χ4v) is 5.50. The molecule has 0 aromatic rings. The van der Waals surface area contributed by atoms with Crippen molar-refractivity contribution in [1.82, 2.24) is 0 Å². The molecule has 0 aromatic heterocycles. The maximum absolute atomic E-state index is 11.0. The highest BCUT2D eigenvalue weighted by atomic mass is 16.8. The van der Waals surface area contributed by atoms with Crippen molar-refractivity contribution in [2.45, 2.75) is 123 Å². The van der Waals surface area contributed by atoms with E-state index in [1.807, 2.05) is 0 Å². The summed E-state index contributed by atoms with van der Waals surface area (Å²) in [7, 11) is 0. The minimum atomic E-state index is -2.02. The molecule has 4 rings (SSSR count). The third-order valence-electron chi connectivity index (χ3n) is 8.21. The molecule has 20 atom stereocenters. The van der Waals surface area contributed by atoms with Gasteiger partial charge in [-0.3, -0.25) is 0 Å². The van der Waals surface area contributed by atoms with E-state index in [0.717, 1.165) is 0 Å². The van der Waals surface area contributed by atoms with Crippen LogP contribution in [-0.2, 0) is 33.2 Å². The van der Waals surface area contributed by atoms with Gasteiger partial charge in [0.15, 0.2) is 25.2 Å². The van der Waals surface area contributed by atoms with E-state index in [1.165, 1.54) is 0 Å². The van der Waals surface area contributed by atoms with Crippen LogP contribution in [0.25, 0.3) is 0 Å². The monoisotopic (exact) mass is 666 g/mol. The normalized spacial score (nSPS) is 52.9. The van der Waals surface area contributed by atoms with Crippen molar-refractivity contribution in [2.75, 3.05) is 26.4 Å². The summed E-state index contributed by atoms with van der Waals surface area (Å²) in [6.45, 7) is -3.47. The zero-order chi connectivity index (χ0) is 33.3. The lowest BCUT2D eigenvalue weighted by Crippen LogP contribution is -2.68. The Hall–Kier alpha value is -0.840. The zero-order valence-corrected chi connectivity index (χ0v) is 23.5. The van der Waals surface area contributed by atoms with Crippen LogP contribution < -0.4 is 0 Å². The maximum atomic E-state index is 11.0. The van der Waals surface area contributed by atoms with Crippen molar-refractivity contribution >= 4 is 0 Å². The predicted molar refractivity (Wildman–Crippen MR) is 134 cm³/mol. The first kappa shape index (κ1) is 37.0. The molecule has 4 aliphatic rings. The van der Waals surface area contributed by atoms with Crippen molar-refractivity contribution in [1.29, 1.82) is 0 Å². The van der Waals surface area contributed by atoms with Gasteiger partial charge in [-0.1, -0.05) is 0 Å². The Labute approximate surface area is 254 Å².